The highest BCUT2D eigenvalue weighted by Gasteiger charge is 2.37. The standard InChI is InChI=1S/C16H17N3O3S/c20-16-10-11-9-12(5-6-13(11)18-16)23(21,22)19-8-2-4-15(19)14-3-1-7-17-14/h1,3,5-7,9,15,17H,2,4,8,10H2,(H,18,20). The molecule has 1 fully saturated rings. The Morgan fingerprint density at radius 2 is 2.09 bits per heavy atom. The Balaban J connectivity index is 1.70. The highest BCUT2D eigenvalue weighted by molar-refractivity contribution is 7.89. The molecule has 1 aromatic carbocycles. The fraction of sp³-hybridized carbons (Fsp3) is 0.312. The van der Waals surface area contributed by atoms with Crippen molar-refractivity contribution in [2.75, 3.05) is 11.9 Å². The largest absolute Gasteiger partial charge is 0.364 e. The normalized spacial score (nSPS) is 21.4. The van der Waals surface area contributed by atoms with E-state index in [1.54, 1.807) is 22.5 Å². The first-order valence-corrected chi connectivity index (χ1v) is 9.07. The van der Waals surface area contributed by atoms with Crippen molar-refractivity contribution in [2.45, 2.75) is 30.2 Å². The van der Waals surface area contributed by atoms with Gasteiger partial charge in [0.1, 0.15) is 0 Å². The Bertz CT molecular complexity index is 859. The van der Waals surface area contributed by atoms with Gasteiger partial charge in [-0.05, 0) is 48.7 Å². The number of H-pyrrole nitrogens is 1. The molecule has 0 radical (unpaired) electrons. The second-order valence-electron chi connectivity index (χ2n) is 5.94. The van der Waals surface area contributed by atoms with E-state index in [4.69, 9.17) is 0 Å². The van der Waals surface area contributed by atoms with Gasteiger partial charge in [-0.3, -0.25) is 4.79 Å². The number of sulfonamides is 1. The summed E-state index contributed by atoms with van der Waals surface area (Å²) in [4.78, 5) is 14.8. The minimum Gasteiger partial charge on any atom is -0.364 e. The summed E-state index contributed by atoms with van der Waals surface area (Å²) in [6.07, 6.45) is 3.70. The molecule has 0 bridgehead atoms. The van der Waals surface area contributed by atoms with Crippen LogP contribution < -0.4 is 5.32 Å². The lowest BCUT2D eigenvalue weighted by Gasteiger charge is -2.23. The molecular formula is C16H17N3O3S. The first kappa shape index (κ1) is 14.5. The number of amides is 1. The predicted molar refractivity (Wildman–Crippen MR) is 85.4 cm³/mol. The van der Waals surface area contributed by atoms with Crippen molar-refractivity contribution in [3.8, 4) is 0 Å². The van der Waals surface area contributed by atoms with E-state index in [-0.39, 0.29) is 23.3 Å². The van der Waals surface area contributed by atoms with Gasteiger partial charge in [0.2, 0.25) is 15.9 Å². The molecule has 3 heterocycles. The number of aromatic nitrogens is 1. The van der Waals surface area contributed by atoms with Gasteiger partial charge in [-0.1, -0.05) is 0 Å². The molecule has 1 aromatic heterocycles. The van der Waals surface area contributed by atoms with Gasteiger partial charge in [0.15, 0.2) is 0 Å². The van der Waals surface area contributed by atoms with E-state index >= 15 is 0 Å². The number of rotatable bonds is 3. The summed E-state index contributed by atoms with van der Waals surface area (Å²) >= 11 is 0. The van der Waals surface area contributed by atoms with Gasteiger partial charge in [0.25, 0.3) is 0 Å². The Kier molecular flexibility index (Phi) is 3.28. The van der Waals surface area contributed by atoms with E-state index in [0.717, 1.165) is 24.1 Å². The monoisotopic (exact) mass is 331 g/mol. The molecule has 23 heavy (non-hydrogen) atoms. The molecule has 1 atom stereocenters. The molecular weight excluding hydrogens is 314 g/mol. The number of hydrogen-bond donors (Lipinski definition) is 2. The molecule has 7 heteroatoms. The summed E-state index contributed by atoms with van der Waals surface area (Å²) in [5.74, 6) is -0.0972. The lowest BCUT2D eigenvalue weighted by atomic mass is 10.2. The number of hydrogen-bond acceptors (Lipinski definition) is 3. The van der Waals surface area contributed by atoms with Crippen molar-refractivity contribution in [3.63, 3.8) is 0 Å². The number of aromatic amines is 1. The van der Waals surface area contributed by atoms with E-state index < -0.39 is 10.0 Å². The lowest BCUT2D eigenvalue weighted by Crippen LogP contribution is -2.30. The van der Waals surface area contributed by atoms with E-state index in [2.05, 4.69) is 10.3 Å². The number of fused-ring (bicyclic) bond motifs is 1. The van der Waals surface area contributed by atoms with Gasteiger partial charge >= 0.3 is 0 Å². The molecule has 0 spiro atoms. The Labute approximate surface area is 134 Å². The van der Waals surface area contributed by atoms with Crippen LogP contribution in [0.25, 0.3) is 0 Å². The van der Waals surface area contributed by atoms with Crippen molar-refractivity contribution >= 4 is 21.6 Å². The van der Waals surface area contributed by atoms with E-state index in [9.17, 15) is 13.2 Å². The van der Waals surface area contributed by atoms with Gasteiger partial charge < -0.3 is 10.3 Å². The van der Waals surface area contributed by atoms with E-state index in [0.29, 0.717) is 12.2 Å². The minimum atomic E-state index is -3.58. The van der Waals surface area contributed by atoms with Gasteiger partial charge in [0, 0.05) is 24.1 Å². The van der Waals surface area contributed by atoms with Crippen LogP contribution in [0.5, 0.6) is 0 Å². The predicted octanol–water partition coefficient (Wildman–Crippen LogP) is 2.04. The summed E-state index contributed by atoms with van der Waals surface area (Å²) in [7, 11) is -3.58. The fourth-order valence-corrected chi connectivity index (χ4v) is 5.12. The highest BCUT2D eigenvalue weighted by atomic mass is 32.2. The zero-order valence-corrected chi connectivity index (χ0v) is 13.3. The topological polar surface area (TPSA) is 82.3 Å². The van der Waals surface area contributed by atoms with Crippen molar-refractivity contribution in [1.82, 2.24) is 9.29 Å². The third kappa shape index (κ3) is 2.36. The number of carbonyl (C=O) groups excluding carboxylic acids is 1. The first-order chi connectivity index (χ1) is 11.1. The number of nitrogens with zero attached hydrogens (tertiary/aromatic N) is 1. The second kappa shape index (κ2) is 5.21. The van der Waals surface area contributed by atoms with Crippen molar-refractivity contribution < 1.29 is 13.2 Å². The molecule has 2 aliphatic rings. The molecule has 0 saturated carbocycles. The average molecular weight is 331 g/mol. The van der Waals surface area contributed by atoms with Crippen LogP contribution in [-0.4, -0.2) is 30.2 Å². The van der Waals surface area contributed by atoms with Crippen molar-refractivity contribution in [3.05, 3.63) is 47.8 Å². The van der Waals surface area contributed by atoms with Crippen LogP contribution in [0, 0.1) is 0 Å². The molecule has 2 aromatic rings. The van der Waals surface area contributed by atoms with Crippen LogP contribution in [0.1, 0.15) is 30.1 Å². The third-order valence-electron chi connectivity index (χ3n) is 4.49. The third-order valence-corrected chi connectivity index (χ3v) is 6.40. The number of anilines is 1. The zero-order chi connectivity index (χ0) is 16.0. The summed E-state index contributed by atoms with van der Waals surface area (Å²) in [5, 5.41) is 2.72. The minimum absolute atomic E-state index is 0.0972. The van der Waals surface area contributed by atoms with Gasteiger partial charge in [-0.2, -0.15) is 4.31 Å². The lowest BCUT2D eigenvalue weighted by molar-refractivity contribution is -0.115. The van der Waals surface area contributed by atoms with Gasteiger partial charge in [-0.15, -0.1) is 0 Å². The summed E-state index contributed by atoms with van der Waals surface area (Å²) < 4.78 is 27.6. The second-order valence-corrected chi connectivity index (χ2v) is 7.83. The van der Waals surface area contributed by atoms with E-state index in [1.165, 1.54) is 0 Å². The number of carbonyl (C=O) groups is 1. The fourth-order valence-electron chi connectivity index (χ4n) is 3.39. The van der Waals surface area contributed by atoms with E-state index in [1.807, 2.05) is 18.3 Å². The molecule has 1 saturated heterocycles. The molecule has 6 nitrogen and oxygen atoms in total. The molecule has 4 rings (SSSR count). The van der Waals surface area contributed by atoms with Crippen LogP contribution in [0.15, 0.2) is 41.4 Å². The van der Waals surface area contributed by atoms with Crippen LogP contribution in [-0.2, 0) is 21.2 Å². The Morgan fingerprint density at radius 3 is 2.87 bits per heavy atom. The summed E-state index contributed by atoms with van der Waals surface area (Å²) in [6.45, 7) is 0.514. The Morgan fingerprint density at radius 1 is 1.22 bits per heavy atom. The molecule has 1 unspecified atom stereocenters. The zero-order valence-electron chi connectivity index (χ0n) is 12.5. The molecule has 1 amide bonds. The number of nitrogens with one attached hydrogen (secondary N) is 2. The molecule has 2 aliphatic heterocycles. The smallest absolute Gasteiger partial charge is 0.243 e. The van der Waals surface area contributed by atoms with Crippen LogP contribution >= 0.6 is 0 Å². The van der Waals surface area contributed by atoms with Crippen molar-refractivity contribution in [2.24, 2.45) is 0 Å². The SMILES string of the molecule is O=C1Cc2cc(S(=O)(=O)N3CCCC3c3ccc[nH]3)ccc2N1. The molecule has 120 valence electrons. The van der Waals surface area contributed by atoms with Crippen LogP contribution in [0.4, 0.5) is 5.69 Å². The first-order valence-electron chi connectivity index (χ1n) is 7.63. The summed E-state index contributed by atoms with van der Waals surface area (Å²) in [6, 6.07) is 8.51. The molecule has 2 N–H and O–H groups in total. The highest BCUT2D eigenvalue weighted by Crippen LogP contribution is 2.37. The summed E-state index contributed by atoms with van der Waals surface area (Å²) in [5.41, 5.74) is 2.37. The maximum Gasteiger partial charge on any atom is 0.243 e. The Hall–Kier alpha value is -2.12. The van der Waals surface area contributed by atoms with Crippen molar-refractivity contribution in [1.29, 1.82) is 0 Å². The van der Waals surface area contributed by atoms with Crippen LogP contribution in [0.2, 0.25) is 0 Å². The maximum atomic E-state index is 13.0. The van der Waals surface area contributed by atoms with Gasteiger partial charge in [0.05, 0.1) is 17.4 Å². The average Bonchev–Trinajstić information content (AvgIpc) is 3.25. The quantitative estimate of drug-likeness (QED) is 0.903. The number of benzene rings is 1. The molecule has 0 aliphatic carbocycles. The maximum absolute atomic E-state index is 13.0. The van der Waals surface area contributed by atoms with Crippen LogP contribution in [0.3, 0.4) is 0 Å². The van der Waals surface area contributed by atoms with Gasteiger partial charge in [-0.25, -0.2) is 8.42 Å².